The lowest BCUT2D eigenvalue weighted by atomic mass is 10.1. The van der Waals surface area contributed by atoms with Gasteiger partial charge in [-0.15, -0.1) is 0 Å². The van der Waals surface area contributed by atoms with Crippen molar-refractivity contribution in [3.05, 3.63) is 58.1 Å². The summed E-state index contributed by atoms with van der Waals surface area (Å²) in [5.74, 6) is 1.38. The summed E-state index contributed by atoms with van der Waals surface area (Å²) in [4.78, 5) is 11.6. The van der Waals surface area contributed by atoms with Crippen molar-refractivity contribution >= 4 is 21.7 Å². The van der Waals surface area contributed by atoms with Gasteiger partial charge in [-0.2, -0.15) is 0 Å². The van der Waals surface area contributed by atoms with E-state index in [1.807, 2.05) is 30.3 Å². The Hall–Kier alpha value is -1.81. The highest BCUT2D eigenvalue weighted by atomic mass is 79.9. The first-order valence-electron chi connectivity index (χ1n) is 6.16. The molecule has 0 aliphatic rings. The van der Waals surface area contributed by atoms with E-state index in [9.17, 15) is 4.79 Å². The highest BCUT2D eigenvalue weighted by Gasteiger charge is 2.09. The first kappa shape index (κ1) is 14.6. The Labute approximate surface area is 126 Å². The van der Waals surface area contributed by atoms with Gasteiger partial charge in [-0.25, -0.2) is 0 Å². The van der Waals surface area contributed by atoms with Gasteiger partial charge < -0.3 is 9.47 Å². The van der Waals surface area contributed by atoms with Crippen LogP contribution in [-0.4, -0.2) is 12.9 Å². The van der Waals surface area contributed by atoms with Crippen molar-refractivity contribution in [3.63, 3.8) is 0 Å². The van der Waals surface area contributed by atoms with Crippen LogP contribution in [0, 0.1) is 0 Å². The van der Waals surface area contributed by atoms with Crippen molar-refractivity contribution in [2.75, 3.05) is 7.11 Å². The van der Waals surface area contributed by atoms with E-state index in [1.165, 1.54) is 6.92 Å². The minimum atomic E-state index is -0.0176. The number of ketones is 1. The zero-order valence-electron chi connectivity index (χ0n) is 11.4. The molecule has 0 atom stereocenters. The summed E-state index contributed by atoms with van der Waals surface area (Å²) in [5.41, 5.74) is 1.59. The van der Waals surface area contributed by atoms with Crippen LogP contribution in [0.25, 0.3) is 0 Å². The Morgan fingerprint density at radius 1 is 1.15 bits per heavy atom. The molecule has 3 nitrogen and oxygen atoms in total. The number of carbonyl (C=O) groups excluding carboxylic acids is 1. The molecule has 0 saturated carbocycles. The predicted molar refractivity (Wildman–Crippen MR) is 81.5 cm³/mol. The van der Waals surface area contributed by atoms with Gasteiger partial charge in [0.25, 0.3) is 0 Å². The molecule has 4 heteroatoms. The molecule has 0 saturated heterocycles. The third-order valence-electron chi connectivity index (χ3n) is 2.87. The largest absolute Gasteiger partial charge is 0.497 e. The van der Waals surface area contributed by atoms with Gasteiger partial charge in [0.1, 0.15) is 18.1 Å². The number of methoxy groups -OCH3 is 1. The number of Topliss-reactive ketones (excluding diaryl/α,β-unsaturated/α-hetero) is 1. The lowest BCUT2D eigenvalue weighted by Gasteiger charge is -2.10. The third kappa shape index (κ3) is 3.61. The standard InChI is InChI=1S/C16H15BrO3/c1-11(18)15-9-13(17)5-8-16(15)20-10-12-3-6-14(19-2)7-4-12/h3-9H,10H2,1-2H3. The van der Waals surface area contributed by atoms with Crippen LogP contribution < -0.4 is 9.47 Å². The van der Waals surface area contributed by atoms with Gasteiger partial charge in [0.05, 0.1) is 12.7 Å². The predicted octanol–water partition coefficient (Wildman–Crippen LogP) is 4.24. The number of carbonyl (C=O) groups is 1. The molecule has 0 N–H and O–H groups in total. The summed E-state index contributed by atoms with van der Waals surface area (Å²) in [6.45, 7) is 1.94. The molecule has 104 valence electrons. The Bertz CT molecular complexity index is 606. The second-order valence-corrected chi connectivity index (χ2v) is 5.25. The third-order valence-corrected chi connectivity index (χ3v) is 3.37. The maximum absolute atomic E-state index is 11.6. The van der Waals surface area contributed by atoms with Crippen LogP contribution in [-0.2, 0) is 6.61 Å². The second-order valence-electron chi connectivity index (χ2n) is 4.33. The molecule has 0 aliphatic heterocycles. The van der Waals surface area contributed by atoms with Crippen LogP contribution in [0.1, 0.15) is 22.8 Å². The molecule has 0 aliphatic carbocycles. The fourth-order valence-electron chi connectivity index (χ4n) is 1.79. The van der Waals surface area contributed by atoms with Crippen molar-refractivity contribution in [3.8, 4) is 11.5 Å². The Morgan fingerprint density at radius 3 is 2.45 bits per heavy atom. The summed E-state index contributed by atoms with van der Waals surface area (Å²) in [6, 6.07) is 13.1. The van der Waals surface area contributed by atoms with Gasteiger partial charge in [0.2, 0.25) is 0 Å². The number of ether oxygens (including phenoxy) is 2. The summed E-state index contributed by atoms with van der Waals surface area (Å²) in [5, 5.41) is 0. The number of halogens is 1. The quantitative estimate of drug-likeness (QED) is 0.767. The van der Waals surface area contributed by atoms with Crippen molar-refractivity contribution in [2.45, 2.75) is 13.5 Å². The Kier molecular flexibility index (Phi) is 4.79. The smallest absolute Gasteiger partial charge is 0.163 e. The van der Waals surface area contributed by atoms with E-state index in [0.29, 0.717) is 17.9 Å². The van der Waals surface area contributed by atoms with Crippen LogP contribution in [0.5, 0.6) is 11.5 Å². The fourth-order valence-corrected chi connectivity index (χ4v) is 2.15. The van der Waals surface area contributed by atoms with Crippen LogP contribution in [0.15, 0.2) is 46.9 Å². The summed E-state index contributed by atoms with van der Waals surface area (Å²) < 4.78 is 11.7. The Morgan fingerprint density at radius 2 is 1.85 bits per heavy atom. The molecule has 0 aromatic heterocycles. The van der Waals surface area contributed by atoms with E-state index in [4.69, 9.17) is 9.47 Å². The SMILES string of the molecule is COc1ccc(COc2ccc(Br)cc2C(C)=O)cc1. The lowest BCUT2D eigenvalue weighted by molar-refractivity contribution is 0.101. The maximum atomic E-state index is 11.6. The number of rotatable bonds is 5. The van der Waals surface area contributed by atoms with Crippen LogP contribution in [0.3, 0.4) is 0 Å². The van der Waals surface area contributed by atoms with Crippen molar-refractivity contribution in [2.24, 2.45) is 0 Å². The lowest BCUT2D eigenvalue weighted by Crippen LogP contribution is -2.01. The first-order chi connectivity index (χ1) is 9.60. The van der Waals surface area contributed by atoms with Crippen molar-refractivity contribution in [1.82, 2.24) is 0 Å². The Balaban J connectivity index is 2.12. The summed E-state index contributed by atoms with van der Waals surface area (Å²) in [7, 11) is 1.63. The molecule has 20 heavy (non-hydrogen) atoms. The van der Waals surface area contributed by atoms with E-state index in [-0.39, 0.29) is 5.78 Å². The number of hydrogen-bond acceptors (Lipinski definition) is 3. The summed E-state index contributed by atoms with van der Waals surface area (Å²) in [6.07, 6.45) is 0. The number of hydrogen-bond donors (Lipinski definition) is 0. The normalized spacial score (nSPS) is 10.2. The highest BCUT2D eigenvalue weighted by molar-refractivity contribution is 9.10. The molecule has 0 heterocycles. The first-order valence-corrected chi connectivity index (χ1v) is 6.95. The van der Waals surface area contributed by atoms with Crippen LogP contribution >= 0.6 is 15.9 Å². The van der Waals surface area contributed by atoms with Gasteiger partial charge in [-0.3, -0.25) is 4.79 Å². The van der Waals surface area contributed by atoms with Gasteiger partial charge >= 0.3 is 0 Å². The van der Waals surface area contributed by atoms with Crippen LogP contribution in [0.2, 0.25) is 0 Å². The van der Waals surface area contributed by atoms with E-state index in [1.54, 1.807) is 19.2 Å². The zero-order chi connectivity index (χ0) is 14.5. The molecule has 2 aromatic carbocycles. The van der Waals surface area contributed by atoms with Crippen molar-refractivity contribution < 1.29 is 14.3 Å². The molecular formula is C16H15BrO3. The molecule has 0 unspecified atom stereocenters. The highest BCUT2D eigenvalue weighted by Crippen LogP contribution is 2.24. The minimum absolute atomic E-state index is 0.0176. The monoisotopic (exact) mass is 334 g/mol. The molecule has 0 spiro atoms. The molecule has 0 amide bonds. The fraction of sp³-hybridized carbons (Fsp3) is 0.188. The topological polar surface area (TPSA) is 35.5 Å². The number of benzene rings is 2. The van der Waals surface area contributed by atoms with E-state index in [2.05, 4.69) is 15.9 Å². The van der Waals surface area contributed by atoms with E-state index in [0.717, 1.165) is 15.8 Å². The van der Waals surface area contributed by atoms with Crippen molar-refractivity contribution in [1.29, 1.82) is 0 Å². The minimum Gasteiger partial charge on any atom is -0.497 e. The molecule has 2 aromatic rings. The molecular weight excluding hydrogens is 320 g/mol. The van der Waals surface area contributed by atoms with E-state index >= 15 is 0 Å². The molecule has 0 bridgehead atoms. The zero-order valence-corrected chi connectivity index (χ0v) is 12.9. The molecule has 2 rings (SSSR count). The maximum Gasteiger partial charge on any atom is 0.163 e. The van der Waals surface area contributed by atoms with Crippen LogP contribution in [0.4, 0.5) is 0 Å². The second kappa shape index (κ2) is 6.57. The molecule has 0 fully saturated rings. The van der Waals surface area contributed by atoms with Gasteiger partial charge in [-0.05, 0) is 42.8 Å². The van der Waals surface area contributed by atoms with E-state index < -0.39 is 0 Å². The van der Waals surface area contributed by atoms with Gasteiger partial charge in [0, 0.05) is 4.47 Å². The van der Waals surface area contributed by atoms with Gasteiger partial charge in [-0.1, -0.05) is 28.1 Å². The average molecular weight is 335 g/mol. The average Bonchev–Trinajstić information content (AvgIpc) is 2.46. The molecule has 0 radical (unpaired) electrons. The summed E-state index contributed by atoms with van der Waals surface area (Å²) >= 11 is 3.35. The van der Waals surface area contributed by atoms with Gasteiger partial charge in [0.15, 0.2) is 5.78 Å².